The Morgan fingerprint density at radius 2 is 2.12 bits per heavy atom. The summed E-state index contributed by atoms with van der Waals surface area (Å²) < 4.78 is 3.14. The molecule has 8 nitrogen and oxygen atoms in total. The lowest BCUT2D eigenvalue weighted by molar-refractivity contribution is -0.114. The number of nitrogens with one attached hydrogen (secondary N) is 1. The van der Waals surface area contributed by atoms with Gasteiger partial charge < -0.3 is 4.57 Å². The standard InChI is InChI=1S/C7H9N7OS/c1-13-3-10-11-7(13)16-2-6(15)12-14-4-8-9-5-14/h3-5H,2H2,1H3,(H,12,15). The van der Waals surface area contributed by atoms with Crippen LogP contribution in [0.4, 0.5) is 0 Å². The van der Waals surface area contributed by atoms with Crippen molar-refractivity contribution in [2.45, 2.75) is 5.16 Å². The minimum absolute atomic E-state index is 0.159. The zero-order chi connectivity index (χ0) is 11.4. The molecule has 0 aliphatic carbocycles. The van der Waals surface area contributed by atoms with Gasteiger partial charge in [-0.3, -0.25) is 10.2 Å². The maximum absolute atomic E-state index is 11.5. The normalized spacial score (nSPS) is 10.3. The van der Waals surface area contributed by atoms with E-state index in [0.29, 0.717) is 5.16 Å². The molecule has 0 saturated heterocycles. The van der Waals surface area contributed by atoms with E-state index in [2.05, 4.69) is 25.8 Å². The van der Waals surface area contributed by atoms with Crippen LogP contribution in [-0.4, -0.2) is 41.3 Å². The van der Waals surface area contributed by atoms with Crippen LogP contribution in [0.1, 0.15) is 0 Å². The van der Waals surface area contributed by atoms with Gasteiger partial charge in [-0.15, -0.1) is 20.4 Å². The van der Waals surface area contributed by atoms with E-state index in [0.717, 1.165) is 0 Å². The summed E-state index contributed by atoms with van der Waals surface area (Å²) in [6.45, 7) is 0. The van der Waals surface area contributed by atoms with Crippen molar-refractivity contribution in [1.29, 1.82) is 0 Å². The average Bonchev–Trinajstić information content (AvgIpc) is 2.87. The molecule has 2 aromatic rings. The molecule has 9 heteroatoms. The number of aromatic nitrogens is 6. The van der Waals surface area contributed by atoms with Gasteiger partial charge in [-0.1, -0.05) is 11.8 Å². The molecule has 0 saturated carbocycles. The highest BCUT2D eigenvalue weighted by atomic mass is 32.2. The fourth-order valence-corrected chi connectivity index (χ4v) is 1.65. The van der Waals surface area contributed by atoms with Crippen LogP contribution < -0.4 is 5.43 Å². The molecular weight excluding hydrogens is 230 g/mol. The number of carbonyl (C=O) groups is 1. The predicted molar refractivity (Wildman–Crippen MR) is 56.1 cm³/mol. The number of amides is 1. The minimum Gasteiger partial charge on any atom is -0.312 e. The first-order chi connectivity index (χ1) is 7.75. The van der Waals surface area contributed by atoms with Crippen LogP contribution >= 0.6 is 11.8 Å². The highest BCUT2D eigenvalue weighted by Gasteiger charge is 2.06. The number of nitrogens with zero attached hydrogens (tertiary/aromatic N) is 6. The van der Waals surface area contributed by atoms with Crippen molar-refractivity contribution in [3.63, 3.8) is 0 Å². The first kappa shape index (κ1) is 10.6. The van der Waals surface area contributed by atoms with Crippen LogP contribution in [0.25, 0.3) is 0 Å². The van der Waals surface area contributed by atoms with Gasteiger partial charge in [-0.05, 0) is 0 Å². The first-order valence-corrected chi connectivity index (χ1v) is 5.35. The third kappa shape index (κ3) is 2.57. The topological polar surface area (TPSA) is 90.5 Å². The summed E-state index contributed by atoms with van der Waals surface area (Å²) in [4.78, 5) is 11.5. The monoisotopic (exact) mass is 239 g/mol. The van der Waals surface area contributed by atoms with Gasteiger partial charge in [0.1, 0.15) is 19.0 Å². The number of rotatable bonds is 4. The minimum atomic E-state index is -0.159. The third-order valence-electron chi connectivity index (χ3n) is 1.67. The molecule has 2 rings (SSSR count). The van der Waals surface area contributed by atoms with Crippen LogP contribution in [0.3, 0.4) is 0 Å². The van der Waals surface area contributed by atoms with E-state index in [4.69, 9.17) is 0 Å². The van der Waals surface area contributed by atoms with Crippen molar-refractivity contribution in [1.82, 2.24) is 29.6 Å². The Hall–Kier alpha value is -1.90. The van der Waals surface area contributed by atoms with Crippen LogP contribution in [0.15, 0.2) is 24.1 Å². The lowest BCUT2D eigenvalue weighted by atomic mass is 10.7. The SMILES string of the molecule is Cn1cnnc1SCC(=O)Nn1cnnc1. The van der Waals surface area contributed by atoms with E-state index in [1.165, 1.54) is 29.1 Å². The highest BCUT2D eigenvalue weighted by molar-refractivity contribution is 7.99. The Labute approximate surface area is 95.0 Å². The van der Waals surface area contributed by atoms with E-state index in [9.17, 15) is 4.79 Å². The van der Waals surface area contributed by atoms with E-state index in [-0.39, 0.29) is 11.7 Å². The second kappa shape index (κ2) is 4.75. The van der Waals surface area contributed by atoms with Crippen molar-refractivity contribution >= 4 is 17.7 Å². The van der Waals surface area contributed by atoms with Crippen LogP contribution in [0.5, 0.6) is 0 Å². The summed E-state index contributed by atoms with van der Waals surface area (Å²) in [5.74, 6) is 0.0952. The lowest BCUT2D eigenvalue weighted by Gasteiger charge is -2.03. The van der Waals surface area contributed by atoms with E-state index in [1.54, 1.807) is 10.9 Å². The molecule has 16 heavy (non-hydrogen) atoms. The van der Waals surface area contributed by atoms with Crippen molar-refractivity contribution in [2.24, 2.45) is 7.05 Å². The molecule has 0 spiro atoms. The fourth-order valence-electron chi connectivity index (χ4n) is 0.968. The smallest absolute Gasteiger partial charge is 0.249 e. The second-order valence-corrected chi connectivity index (χ2v) is 3.86. The number of hydrogen-bond acceptors (Lipinski definition) is 6. The number of carbonyl (C=O) groups excluding carboxylic acids is 1. The van der Waals surface area contributed by atoms with Crippen LogP contribution in [0, 0.1) is 0 Å². The molecule has 0 radical (unpaired) electrons. The molecule has 84 valence electrons. The zero-order valence-corrected chi connectivity index (χ0v) is 9.26. The molecule has 1 amide bonds. The van der Waals surface area contributed by atoms with Crippen molar-refractivity contribution in [2.75, 3.05) is 11.2 Å². The molecule has 0 aliphatic rings. The van der Waals surface area contributed by atoms with Gasteiger partial charge in [0.2, 0.25) is 5.91 Å². The Balaban J connectivity index is 1.82. The molecular formula is C7H9N7OS. The Morgan fingerprint density at radius 1 is 1.38 bits per heavy atom. The molecule has 0 aliphatic heterocycles. The lowest BCUT2D eigenvalue weighted by Crippen LogP contribution is -2.23. The van der Waals surface area contributed by atoms with Gasteiger partial charge in [0, 0.05) is 7.05 Å². The molecule has 0 unspecified atom stereocenters. The summed E-state index contributed by atoms with van der Waals surface area (Å²) in [7, 11) is 1.82. The first-order valence-electron chi connectivity index (χ1n) is 4.37. The van der Waals surface area contributed by atoms with Gasteiger partial charge in [0.15, 0.2) is 5.16 Å². The molecule has 0 atom stereocenters. The summed E-state index contributed by atoms with van der Waals surface area (Å²) in [6, 6.07) is 0. The van der Waals surface area contributed by atoms with Crippen molar-refractivity contribution < 1.29 is 4.79 Å². The van der Waals surface area contributed by atoms with Gasteiger partial charge in [-0.2, -0.15) is 0 Å². The van der Waals surface area contributed by atoms with E-state index < -0.39 is 0 Å². The predicted octanol–water partition coefficient (Wildman–Crippen LogP) is -0.731. The Kier molecular flexibility index (Phi) is 3.15. The van der Waals surface area contributed by atoms with Crippen LogP contribution in [0.2, 0.25) is 0 Å². The Bertz CT molecular complexity index is 465. The summed E-state index contributed by atoms with van der Waals surface area (Å²) >= 11 is 1.31. The maximum Gasteiger partial charge on any atom is 0.249 e. The molecule has 2 aromatic heterocycles. The largest absolute Gasteiger partial charge is 0.312 e. The molecule has 2 heterocycles. The number of thioether (sulfide) groups is 1. The van der Waals surface area contributed by atoms with Gasteiger partial charge in [-0.25, -0.2) is 4.68 Å². The summed E-state index contributed by atoms with van der Waals surface area (Å²) in [5, 5.41) is 15.4. The van der Waals surface area contributed by atoms with E-state index in [1.807, 2.05) is 7.05 Å². The molecule has 0 fully saturated rings. The molecule has 0 aromatic carbocycles. The third-order valence-corrected chi connectivity index (χ3v) is 2.71. The number of aryl methyl sites for hydroxylation is 1. The number of hydrogen-bond donors (Lipinski definition) is 1. The average molecular weight is 239 g/mol. The van der Waals surface area contributed by atoms with Crippen LogP contribution in [-0.2, 0) is 11.8 Å². The van der Waals surface area contributed by atoms with Crippen molar-refractivity contribution in [3.05, 3.63) is 19.0 Å². The zero-order valence-electron chi connectivity index (χ0n) is 8.44. The maximum atomic E-state index is 11.5. The summed E-state index contributed by atoms with van der Waals surface area (Å²) in [6.07, 6.45) is 4.40. The summed E-state index contributed by atoms with van der Waals surface area (Å²) in [5.41, 5.74) is 2.58. The van der Waals surface area contributed by atoms with Crippen molar-refractivity contribution in [3.8, 4) is 0 Å². The molecule has 0 bridgehead atoms. The Morgan fingerprint density at radius 3 is 2.75 bits per heavy atom. The quantitative estimate of drug-likeness (QED) is 0.707. The fraction of sp³-hybridized carbons (Fsp3) is 0.286. The van der Waals surface area contributed by atoms with E-state index >= 15 is 0 Å². The highest BCUT2D eigenvalue weighted by Crippen LogP contribution is 2.12. The molecule has 1 N–H and O–H groups in total. The van der Waals surface area contributed by atoms with Gasteiger partial charge in [0.25, 0.3) is 0 Å². The van der Waals surface area contributed by atoms with Gasteiger partial charge >= 0.3 is 0 Å². The van der Waals surface area contributed by atoms with Gasteiger partial charge in [0.05, 0.1) is 5.75 Å². The second-order valence-electron chi connectivity index (χ2n) is 2.92.